The SMILES string of the molecule is C[C@@H]1CN(CCN)C[C@H](C)N1C(=O)OC(C)(C)C. The molecule has 0 bridgehead atoms. The first-order chi connectivity index (χ1) is 8.24. The summed E-state index contributed by atoms with van der Waals surface area (Å²) in [4.78, 5) is 16.3. The second kappa shape index (κ2) is 5.89. The van der Waals surface area contributed by atoms with E-state index < -0.39 is 5.60 Å². The number of piperazine rings is 1. The average Bonchev–Trinajstić information content (AvgIpc) is 2.13. The van der Waals surface area contributed by atoms with Gasteiger partial charge in [0.1, 0.15) is 5.60 Å². The van der Waals surface area contributed by atoms with Crippen molar-refractivity contribution in [2.45, 2.75) is 52.3 Å². The van der Waals surface area contributed by atoms with Crippen LogP contribution >= 0.6 is 0 Å². The van der Waals surface area contributed by atoms with Crippen molar-refractivity contribution < 1.29 is 9.53 Å². The van der Waals surface area contributed by atoms with E-state index in [4.69, 9.17) is 10.5 Å². The van der Waals surface area contributed by atoms with E-state index in [1.807, 2.05) is 25.7 Å². The number of nitrogens with two attached hydrogens (primary N) is 1. The van der Waals surface area contributed by atoms with Gasteiger partial charge in [0.15, 0.2) is 0 Å². The maximum Gasteiger partial charge on any atom is 0.410 e. The molecule has 0 aliphatic carbocycles. The fourth-order valence-corrected chi connectivity index (χ4v) is 2.47. The zero-order valence-electron chi connectivity index (χ0n) is 12.3. The highest BCUT2D eigenvalue weighted by atomic mass is 16.6. The number of ether oxygens (including phenoxy) is 1. The van der Waals surface area contributed by atoms with Crippen molar-refractivity contribution in [1.82, 2.24) is 9.80 Å². The van der Waals surface area contributed by atoms with Crippen molar-refractivity contribution in [3.8, 4) is 0 Å². The first-order valence-corrected chi connectivity index (χ1v) is 6.68. The number of carbonyl (C=O) groups excluding carboxylic acids is 1. The third-order valence-electron chi connectivity index (χ3n) is 3.04. The number of nitrogens with zero attached hydrogens (tertiary/aromatic N) is 2. The van der Waals surface area contributed by atoms with E-state index in [1.165, 1.54) is 0 Å². The molecule has 0 aromatic heterocycles. The van der Waals surface area contributed by atoms with Crippen LogP contribution < -0.4 is 5.73 Å². The van der Waals surface area contributed by atoms with E-state index in [1.54, 1.807) is 0 Å². The van der Waals surface area contributed by atoms with Crippen molar-refractivity contribution in [3.63, 3.8) is 0 Å². The summed E-state index contributed by atoms with van der Waals surface area (Å²) in [5, 5.41) is 0. The van der Waals surface area contributed by atoms with Crippen molar-refractivity contribution in [1.29, 1.82) is 0 Å². The molecule has 0 unspecified atom stereocenters. The monoisotopic (exact) mass is 257 g/mol. The lowest BCUT2D eigenvalue weighted by atomic mass is 10.1. The smallest absolute Gasteiger partial charge is 0.410 e. The second-order valence-electron chi connectivity index (χ2n) is 6.13. The van der Waals surface area contributed by atoms with Gasteiger partial charge in [-0.1, -0.05) is 0 Å². The van der Waals surface area contributed by atoms with Crippen LogP contribution in [-0.4, -0.2) is 59.8 Å². The van der Waals surface area contributed by atoms with Crippen LogP contribution in [0.5, 0.6) is 0 Å². The maximum absolute atomic E-state index is 12.2. The van der Waals surface area contributed by atoms with Crippen molar-refractivity contribution in [2.24, 2.45) is 5.73 Å². The Kier molecular flexibility index (Phi) is 4.99. The highest BCUT2D eigenvalue weighted by Gasteiger charge is 2.35. The second-order valence-corrected chi connectivity index (χ2v) is 6.13. The predicted molar refractivity (Wildman–Crippen MR) is 72.5 cm³/mol. The van der Waals surface area contributed by atoms with Crippen LogP contribution in [0.4, 0.5) is 4.79 Å². The van der Waals surface area contributed by atoms with E-state index >= 15 is 0 Å². The summed E-state index contributed by atoms with van der Waals surface area (Å²) in [6.07, 6.45) is -0.213. The Morgan fingerprint density at radius 1 is 1.28 bits per heavy atom. The molecule has 1 fully saturated rings. The van der Waals surface area contributed by atoms with Gasteiger partial charge in [-0.15, -0.1) is 0 Å². The Labute approximate surface area is 110 Å². The highest BCUT2D eigenvalue weighted by Crippen LogP contribution is 2.19. The molecule has 5 nitrogen and oxygen atoms in total. The van der Waals surface area contributed by atoms with Crippen molar-refractivity contribution in [3.05, 3.63) is 0 Å². The molecule has 106 valence electrons. The summed E-state index contributed by atoms with van der Waals surface area (Å²) in [6.45, 7) is 13.1. The van der Waals surface area contributed by atoms with Crippen molar-refractivity contribution >= 4 is 6.09 Å². The standard InChI is InChI=1S/C13H27N3O2/c1-10-8-15(7-6-14)9-11(2)16(10)12(17)18-13(3,4)5/h10-11H,6-9,14H2,1-5H3/t10-,11+. The molecule has 1 heterocycles. The molecule has 18 heavy (non-hydrogen) atoms. The van der Waals surface area contributed by atoms with Gasteiger partial charge in [0.25, 0.3) is 0 Å². The molecule has 0 aromatic rings. The van der Waals surface area contributed by atoms with Crippen LogP contribution in [0.2, 0.25) is 0 Å². The van der Waals surface area contributed by atoms with Crippen LogP contribution in [0.3, 0.4) is 0 Å². The van der Waals surface area contributed by atoms with E-state index in [2.05, 4.69) is 18.7 Å². The van der Waals surface area contributed by atoms with Crippen LogP contribution in [-0.2, 0) is 4.74 Å². The molecule has 0 aromatic carbocycles. The Hall–Kier alpha value is -0.810. The minimum atomic E-state index is -0.440. The van der Waals surface area contributed by atoms with Gasteiger partial charge < -0.3 is 15.4 Å². The molecule has 1 aliphatic rings. The molecule has 2 atom stereocenters. The Morgan fingerprint density at radius 3 is 2.17 bits per heavy atom. The molecule has 5 heteroatoms. The molecular weight excluding hydrogens is 230 g/mol. The van der Waals surface area contributed by atoms with Gasteiger partial charge in [0.2, 0.25) is 0 Å². The lowest BCUT2D eigenvalue weighted by molar-refractivity contribution is -0.0144. The van der Waals surface area contributed by atoms with E-state index in [0.29, 0.717) is 6.54 Å². The van der Waals surface area contributed by atoms with Gasteiger partial charge in [-0.05, 0) is 34.6 Å². The molecule has 1 amide bonds. The fraction of sp³-hybridized carbons (Fsp3) is 0.923. The fourth-order valence-electron chi connectivity index (χ4n) is 2.47. The summed E-state index contributed by atoms with van der Waals surface area (Å²) >= 11 is 0. The summed E-state index contributed by atoms with van der Waals surface area (Å²) in [7, 11) is 0. The number of carbonyl (C=O) groups is 1. The van der Waals surface area contributed by atoms with Gasteiger partial charge in [0.05, 0.1) is 0 Å². The summed E-state index contributed by atoms with van der Waals surface area (Å²) in [6, 6.07) is 0.324. The number of hydrogen-bond donors (Lipinski definition) is 1. The number of rotatable bonds is 2. The summed E-state index contributed by atoms with van der Waals surface area (Å²) in [5.74, 6) is 0. The Bertz CT molecular complexity index is 276. The Balaban J connectivity index is 2.64. The third-order valence-corrected chi connectivity index (χ3v) is 3.04. The first-order valence-electron chi connectivity index (χ1n) is 6.68. The Morgan fingerprint density at radius 2 is 1.78 bits per heavy atom. The van der Waals surface area contributed by atoms with Gasteiger partial charge in [0, 0.05) is 38.3 Å². The van der Waals surface area contributed by atoms with Crippen LogP contribution in [0, 0.1) is 0 Å². The zero-order valence-corrected chi connectivity index (χ0v) is 12.3. The first kappa shape index (κ1) is 15.2. The largest absolute Gasteiger partial charge is 0.444 e. The van der Waals surface area contributed by atoms with Crippen LogP contribution in [0.25, 0.3) is 0 Å². The minimum absolute atomic E-state index is 0.162. The molecule has 0 spiro atoms. The number of amides is 1. The summed E-state index contributed by atoms with van der Waals surface area (Å²) in [5.41, 5.74) is 5.14. The summed E-state index contributed by atoms with van der Waals surface area (Å²) < 4.78 is 5.46. The molecule has 1 rings (SSSR count). The lowest BCUT2D eigenvalue weighted by Crippen LogP contribution is -2.59. The third kappa shape index (κ3) is 4.14. The van der Waals surface area contributed by atoms with Gasteiger partial charge in [-0.25, -0.2) is 4.79 Å². The molecular formula is C13H27N3O2. The topological polar surface area (TPSA) is 58.8 Å². The van der Waals surface area contributed by atoms with Gasteiger partial charge >= 0.3 is 6.09 Å². The average molecular weight is 257 g/mol. The number of hydrogen-bond acceptors (Lipinski definition) is 4. The molecule has 0 radical (unpaired) electrons. The van der Waals surface area contributed by atoms with Gasteiger partial charge in [-0.2, -0.15) is 0 Å². The predicted octanol–water partition coefficient (Wildman–Crippen LogP) is 1.27. The van der Waals surface area contributed by atoms with Crippen LogP contribution in [0.1, 0.15) is 34.6 Å². The van der Waals surface area contributed by atoms with Crippen LogP contribution in [0.15, 0.2) is 0 Å². The maximum atomic E-state index is 12.2. The zero-order chi connectivity index (χ0) is 13.9. The lowest BCUT2D eigenvalue weighted by Gasteiger charge is -2.44. The molecule has 2 N–H and O–H groups in total. The molecule has 1 aliphatic heterocycles. The minimum Gasteiger partial charge on any atom is -0.444 e. The van der Waals surface area contributed by atoms with Crippen molar-refractivity contribution in [2.75, 3.05) is 26.2 Å². The molecule has 1 saturated heterocycles. The highest BCUT2D eigenvalue weighted by molar-refractivity contribution is 5.69. The quantitative estimate of drug-likeness (QED) is 0.809. The van der Waals surface area contributed by atoms with E-state index in [-0.39, 0.29) is 18.2 Å². The van der Waals surface area contributed by atoms with Gasteiger partial charge in [-0.3, -0.25) is 4.90 Å². The molecule has 0 saturated carbocycles. The van der Waals surface area contributed by atoms with E-state index in [9.17, 15) is 4.79 Å². The van der Waals surface area contributed by atoms with E-state index in [0.717, 1.165) is 19.6 Å². The normalized spacial score (nSPS) is 26.2.